The predicted octanol–water partition coefficient (Wildman–Crippen LogP) is 4.67. The molecule has 1 unspecified atom stereocenters. The average molecular weight is 396 g/mol. The lowest BCUT2D eigenvalue weighted by atomic mass is 10.2. The van der Waals surface area contributed by atoms with E-state index in [0.29, 0.717) is 36.3 Å². The molecular weight excluding hydrogens is 373 g/mol. The Morgan fingerprint density at radius 3 is 2.58 bits per heavy atom. The molecule has 0 N–H and O–H groups in total. The van der Waals surface area contributed by atoms with Crippen LogP contribution in [0.25, 0.3) is 0 Å². The molecule has 3 rings (SSSR count). The first-order chi connectivity index (χ1) is 12.6. The van der Waals surface area contributed by atoms with Crippen molar-refractivity contribution in [3.63, 3.8) is 0 Å². The van der Waals surface area contributed by atoms with E-state index < -0.39 is 0 Å². The first-order valence-corrected chi connectivity index (χ1v) is 9.53. The highest BCUT2D eigenvalue weighted by Gasteiger charge is 2.21. The highest BCUT2D eigenvalue weighted by Crippen LogP contribution is 2.30. The molecule has 1 atom stereocenters. The topological polar surface area (TPSA) is 30.9 Å². The van der Waals surface area contributed by atoms with Crippen LogP contribution in [0.5, 0.6) is 11.5 Å². The fourth-order valence-corrected chi connectivity index (χ4v) is 3.21. The summed E-state index contributed by atoms with van der Waals surface area (Å²) in [6.45, 7) is 6.26. The molecule has 2 aromatic rings. The summed E-state index contributed by atoms with van der Waals surface area (Å²) in [6.07, 6.45) is 0.0150. The molecule has 1 aliphatic heterocycles. The first-order valence-electron chi connectivity index (χ1n) is 8.77. The van der Waals surface area contributed by atoms with Crippen LogP contribution < -0.4 is 9.47 Å². The van der Waals surface area contributed by atoms with Gasteiger partial charge in [-0.05, 0) is 36.8 Å². The minimum Gasteiger partial charge on any atom is -0.490 e. The van der Waals surface area contributed by atoms with Gasteiger partial charge in [0.25, 0.3) is 0 Å². The third-order valence-corrected chi connectivity index (χ3v) is 4.66. The van der Waals surface area contributed by atoms with Crippen LogP contribution in [-0.2, 0) is 11.3 Å². The van der Waals surface area contributed by atoms with Crippen LogP contribution in [0.3, 0.4) is 0 Å². The third-order valence-electron chi connectivity index (χ3n) is 4.17. The summed E-state index contributed by atoms with van der Waals surface area (Å²) in [6, 6.07) is 13.4. The fraction of sp³-hybridized carbons (Fsp3) is 0.400. The Balaban J connectivity index is 1.54. The minimum atomic E-state index is 0.0150. The average Bonchev–Trinajstić information content (AvgIpc) is 2.64. The molecule has 0 radical (unpaired) electrons. The van der Waals surface area contributed by atoms with Crippen molar-refractivity contribution in [1.29, 1.82) is 0 Å². The molecule has 0 saturated carbocycles. The largest absolute Gasteiger partial charge is 0.490 e. The number of ether oxygens (including phenoxy) is 3. The molecule has 0 aliphatic carbocycles. The smallest absolute Gasteiger partial charge is 0.162 e. The first kappa shape index (κ1) is 19.3. The molecule has 1 saturated heterocycles. The van der Waals surface area contributed by atoms with E-state index in [1.54, 1.807) is 12.1 Å². The van der Waals surface area contributed by atoms with E-state index in [4.69, 9.17) is 37.4 Å². The van der Waals surface area contributed by atoms with E-state index in [1.165, 1.54) is 5.56 Å². The van der Waals surface area contributed by atoms with Crippen LogP contribution >= 0.6 is 23.2 Å². The Morgan fingerprint density at radius 1 is 1.04 bits per heavy atom. The highest BCUT2D eigenvalue weighted by molar-refractivity contribution is 6.31. The molecule has 1 fully saturated rings. The lowest BCUT2D eigenvalue weighted by Gasteiger charge is -2.33. The van der Waals surface area contributed by atoms with Crippen molar-refractivity contribution in [1.82, 2.24) is 4.90 Å². The van der Waals surface area contributed by atoms with Crippen LogP contribution in [0.4, 0.5) is 0 Å². The van der Waals surface area contributed by atoms with E-state index in [9.17, 15) is 0 Å². The number of rotatable bonds is 7. The van der Waals surface area contributed by atoms with Crippen LogP contribution in [0.2, 0.25) is 10.0 Å². The summed E-state index contributed by atoms with van der Waals surface area (Å²) < 4.78 is 17.4. The number of halogens is 2. The summed E-state index contributed by atoms with van der Waals surface area (Å²) in [5, 5.41) is 1.39. The van der Waals surface area contributed by atoms with E-state index in [1.807, 2.05) is 25.1 Å². The highest BCUT2D eigenvalue weighted by atomic mass is 35.5. The van der Waals surface area contributed by atoms with Gasteiger partial charge in [-0.25, -0.2) is 0 Å². The molecule has 26 heavy (non-hydrogen) atoms. The van der Waals surface area contributed by atoms with Gasteiger partial charge in [0.1, 0.15) is 12.7 Å². The summed E-state index contributed by atoms with van der Waals surface area (Å²) in [5.41, 5.74) is 1.24. The number of nitrogens with zero attached hydrogens (tertiary/aromatic N) is 1. The van der Waals surface area contributed by atoms with E-state index in [2.05, 4.69) is 17.0 Å². The standard InChI is InChI=1S/C20H23Cl2NO3/c1-2-24-20-11-17(22)7-8-19(20)26-14-18-13-23(9-10-25-18)12-15-3-5-16(21)6-4-15/h3-8,11,18H,2,9-10,12-14H2,1H3. The van der Waals surface area contributed by atoms with Gasteiger partial charge in [0.15, 0.2) is 11.5 Å². The van der Waals surface area contributed by atoms with Gasteiger partial charge in [-0.3, -0.25) is 4.90 Å². The van der Waals surface area contributed by atoms with Crippen molar-refractivity contribution in [2.75, 3.05) is 32.9 Å². The van der Waals surface area contributed by atoms with Crippen LogP contribution in [0, 0.1) is 0 Å². The van der Waals surface area contributed by atoms with Gasteiger partial charge in [0, 0.05) is 35.7 Å². The van der Waals surface area contributed by atoms with Crippen LogP contribution in [0.1, 0.15) is 12.5 Å². The second-order valence-electron chi connectivity index (χ2n) is 6.19. The maximum Gasteiger partial charge on any atom is 0.162 e. The van der Waals surface area contributed by atoms with Crippen molar-refractivity contribution >= 4 is 23.2 Å². The Kier molecular flexibility index (Phi) is 7.03. The lowest BCUT2D eigenvalue weighted by molar-refractivity contribution is -0.0507. The zero-order chi connectivity index (χ0) is 18.4. The molecular formula is C20H23Cl2NO3. The molecule has 0 aromatic heterocycles. The van der Waals surface area contributed by atoms with E-state index >= 15 is 0 Å². The quantitative estimate of drug-likeness (QED) is 0.681. The zero-order valence-corrected chi connectivity index (χ0v) is 16.3. The second kappa shape index (κ2) is 9.47. The van der Waals surface area contributed by atoms with Crippen molar-refractivity contribution in [3.8, 4) is 11.5 Å². The maximum atomic E-state index is 6.03. The molecule has 1 heterocycles. The van der Waals surface area contributed by atoms with Gasteiger partial charge >= 0.3 is 0 Å². The summed E-state index contributed by atoms with van der Waals surface area (Å²) in [5.74, 6) is 1.35. The third kappa shape index (κ3) is 5.52. The molecule has 4 nitrogen and oxygen atoms in total. The van der Waals surface area contributed by atoms with Crippen molar-refractivity contribution in [2.45, 2.75) is 19.6 Å². The summed E-state index contributed by atoms with van der Waals surface area (Å²) in [7, 11) is 0. The molecule has 2 aromatic carbocycles. The second-order valence-corrected chi connectivity index (χ2v) is 7.06. The fourth-order valence-electron chi connectivity index (χ4n) is 2.93. The van der Waals surface area contributed by atoms with Crippen LogP contribution in [0.15, 0.2) is 42.5 Å². The molecule has 0 bridgehead atoms. The monoisotopic (exact) mass is 395 g/mol. The Bertz CT molecular complexity index is 709. The number of hydrogen-bond donors (Lipinski definition) is 0. The Morgan fingerprint density at radius 2 is 1.81 bits per heavy atom. The molecule has 6 heteroatoms. The minimum absolute atomic E-state index is 0.0150. The zero-order valence-electron chi connectivity index (χ0n) is 14.8. The number of benzene rings is 2. The lowest BCUT2D eigenvalue weighted by Crippen LogP contribution is -2.44. The normalized spacial score (nSPS) is 17.9. The van der Waals surface area contributed by atoms with Crippen molar-refractivity contribution < 1.29 is 14.2 Å². The number of hydrogen-bond acceptors (Lipinski definition) is 4. The summed E-state index contributed by atoms with van der Waals surface area (Å²) >= 11 is 12.0. The van der Waals surface area contributed by atoms with Gasteiger partial charge in [-0.15, -0.1) is 0 Å². The molecule has 140 valence electrons. The Labute approximate surface area is 164 Å². The van der Waals surface area contributed by atoms with Crippen molar-refractivity contribution in [3.05, 3.63) is 58.1 Å². The molecule has 0 spiro atoms. The number of morpholine rings is 1. The maximum absolute atomic E-state index is 6.03. The molecule has 0 amide bonds. The van der Waals surface area contributed by atoms with E-state index in [0.717, 1.165) is 24.7 Å². The van der Waals surface area contributed by atoms with Gasteiger partial charge < -0.3 is 14.2 Å². The summed E-state index contributed by atoms with van der Waals surface area (Å²) in [4.78, 5) is 2.37. The Hall–Kier alpha value is -1.46. The SMILES string of the molecule is CCOc1cc(Cl)ccc1OCC1CN(Cc2ccc(Cl)cc2)CCO1. The van der Waals surface area contributed by atoms with Gasteiger partial charge in [0.05, 0.1) is 13.2 Å². The molecule has 1 aliphatic rings. The van der Waals surface area contributed by atoms with Crippen molar-refractivity contribution in [2.24, 2.45) is 0 Å². The van der Waals surface area contributed by atoms with Gasteiger partial charge in [-0.2, -0.15) is 0 Å². The predicted molar refractivity (Wildman–Crippen MR) is 105 cm³/mol. The van der Waals surface area contributed by atoms with Crippen LogP contribution in [-0.4, -0.2) is 43.9 Å². The van der Waals surface area contributed by atoms with Gasteiger partial charge in [0.2, 0.25) is 0 Å². The van der Waals surface area contributed by atoms with Gasteiger partial charge in [-0.1, -0.05) is 35.3 Å². The van der Waals surface area contributed by atoms with E-state index in [-0.39, 0.29) is 6.10 Å².